The van der Waals surface area contributed by atoms with Gasteiger partial charge in [0.15, 0.2) is 5.13 Å². The van der Waals surface area contributed by atoms with Crippen LogP contribution in [0.15, 0.2) is 0 Å². The maximum absolute atomic E-state index is 11.2. The van der Waals surface area contributed by atoms with Gasteiger partial charge in [0, 0.05) is 13.1 Å². The number of anilines is 1. The maximum Gasteiger partial charge on any atom is 0.347 e. The Labute approximate surface area is 117 Å². The van der Waals surface area contributed by atoms with Gasteiger partial charge in [-0.25, -0.2) is 9.78 Å². The average molecular weight is 280 g/mol. The van der Waals surface area contributed by atoms with Crippen LogP contribution in [0.1, 0.15) is 48.0 Å². The quantitative estimate of drug-likeness (QED) is 0.834. The average Bonchev–Trinajstić information content (AvgIpc) is 3.29. The highest BCUT2D eigenvalue weighted by Gasteiger charge is 2.31. The van der Waals surface area contributed by atoms with E-state index in [1.54, 1.807) is 0 Å². The standard InChI is InChI=1S/C14H20N2O2S/c1-2-11-12(13(17)18)19-14(15-11)16(7-9-3-4-9)8-10-5-6-10/h9-10H,2-8H2,1H3,(H,17,18). The van der Waals surface area contributed by atoms with Crippen molar-refractivity contribution < 1.29 is 9.90 Å². The number of aromatic carboxylic acids is 1. The Morgan fingerprint density at radius 3 is 2.26 bits per heavy atom. The van der Waals surface area contributed by atoms with Gasteiger partial charge in [-0.3, -0.25) is 0 Å². The van der Waals surface area contributed by atoms with Gasteiger partial charge in [0.25, 0.3) is 0 Å². The zero-order valence-electron chi connectivity index (χ0n) is 11.3. The summed E-state index contributed by atoms with van der Waals surface area (Å²) >= 11 is 1.36. The van der Waals surface area contributed by atoms with Crippen LogP contribution in [-0.4, -0.2) is 29.1 Å². The Kier molecular flexibility index (Phi) is 3.48. The molecule has 1 heterocycles. The molecule has 0 amide bonds. The van der Waals surface area contributed by atoms with E-state index in [1.807, 2.05) is 6.92 Å². The van der Waals surface area contributed by atoms with Crippen molar-refractivity contribution >= 4 is 22.4 Å². The molecule has 0 unspecified atom stereocenters. The first-order chi connectivity index (χ1) is 9.17. The monoisotopic (exact) mass is 280 g/mol. The smallest absolute Gasteiger partial charge is 0.347 e. The van der Waals surface area contributed by atoms with Crippen molar-refractivity contribution in [1.29, 1.82) is 0 Å². The molecule has 0 spiro atoms. The molecule has 0 aromatic carbocycles. The van der Waals surface area contributed by atoms with Crippen LogP contribution in [0.2, 0.25) is 0 Å². The summed E-state index contributed by atoms with van der Waals surface area (Å²) < 4.78 is 0. The molecule has 4 nitrogen and oxygen atoms in total. The molecule has 2 saturated carbocycles. The van der Waals surface area contributed by atoms with E-state index in [0.717, 1.165) is 35.8 Å². The summed E-state index contributed by atoms with van der Waals surface area (Å²) in [6.45, 7) is 4.09. The molecular formula is C14H20N2O2S. The van der Waals surface area contributed by atoms with Crippen molar-refractivity contribution in [3.05, 3.63) is 10.6 Å². The van der Waals surface area contributed by atoms with Crippen LogP contribution in [0.5, 0.6) is 0 Å². The van der Waals surface area contributed by atoms with E-state index >= 15 is 0 Å². The fourth-order valence-electron chi connectivity index (χ4n) is 2.34. The van der Waals surface area contributed by atoms with Gasteiger partial charge in [-0.1, -0.05) is 18.3 Å². The van der Waals surface area contributed by atoms with E-state index in [4.69, 9.17) is 0 Å². The molecule has 1 aromatic heterocycles. The van der Waals surface area contributed by atoms with Crippen LogP contribution in [-0.2, 0) is 6.42 Å². The summed E-state index contributed by atoms with van der Waals surface area (Å²) in [6, 6.07) is 0. The summed E-state index contributed by atoms with van der Waals surface area (Å²) in [4.78, 5) is 18.6. The number of carboxylic acids is 1. The van der Waals surface area contributed by atoms with E-state index in [-0.39, 0.29) is 0 Å². The number of carboxylic acid groups (broad SMARTS) is 1. The van der Waals surface area contributed by atoms with Crippen LogP contribution in [0.25, 0.3) is 0 Å². The van der Waals surface area contributed by atoms with Crippen molar-refractivity contribution in [2.24, 2.45) is 11.8 Å². The van der Waals surface area contributed by atoms with Crippen LogP contribution < -0.4 is 4.90 Å². The molecule has 0 radical (unpaired) electrons. The number of thiazole rings is 1. The predicted octanol–water partition coefficient (Wildman–Crippen LogP) is 3.03. The Morgan fingerprint density at radius 1 is 1.32 bits per heavy atom. The number of rotatable bonds is 7. The molecule has 19 heavy (non-hydrogen) atoms. The van der Waals surface area contributed by atoms with Crippen molar-refractivity contribution in [2.45, 2.75) is 39.0 Å². The molecule has 0 bridgehead atoms. The minimum absolute atomic E-state index is 0.425. The lowest BCUT2D eigenvalue weighted by Crippen LogP contribution is -2.27. The lowest BCUT2D eigenvalue weighted by molar-refractivity contribution is 0.0701. The molecule has 3 rings (SSSR count). The zero-order valence-corrected chi connectivity index (χ0v) is 12.1. The molecule has 0 atom stereocenters. The minimum atomic E-state index is -0.835. The molecule has 2 fully saturated rings. The van der Waals surface area contributed by atoms with Gasteiger partial charge in [0.1, 0.15) is 4.88 Å². The molecule has 2 aliphatic carbocycles. The fourth-order valence-corrected chi connectivity index (χ4v) is 3.35. The summed E-state index contributed by atoms with van der Waals surface area (Å²) in [5.41, 5.74) is 0.740. The van der Waals surface area contributed by atoms with Crippen molar-refractivity contribution in [3.8, 4) is 0 Å². The van der Waals surface area contributed by atoms with Crippen LogP contribution in [0, 0.1) is 11.8 Å². The first kappa shape index (κ1) is 12.9. The van der Waals surface area contributed by atoms with Crippen molar-refractivity contribution in [1.82, 2.24) is 4.98 Å². The molecule has 2 aliphatic rings. The topological polar surface area (TPSA) is 53.4 Å². The minimum Gasteiger partial charge on any atom is -0.477 e. The second-order valence-corrected chi connectivity index (χ2v) is 6.70. The molecule has 0 aliphatic heterocycles. The third-order valence-electron chi connectivity index (χ3n) is 3.84. The normalized spacial score (nSPS) is 18.6. The molecule has 1 N–H and O–H groups in total. The second kappa shape index (κ2) is 5.12. The SMILES string of the molecule is CCc1nc(N(CC2CC2)CC2CC2)sc1C(=O)O. The van der Waals surface area contributed by atoms with Gasteiger partial charge in [-0.15, -0.1) is 0 Å². The Balaban J connectivity index is 1.80. The van der Waals surface area contributed by atoms with Gasteiger partial charge < -0.3 is 10.0 Å². The van der Waals surface area contributed by atoms with Crippen molar-refractivity contribution in [2.75, 3.05) is 18.0 Å². The van der Waals surface area contributed by atoms with Gasteiger partial charge in [-0.2, -0.15) is 0 Å². The summed E-state index contributed by atoms with van der Waals surface area (Å²) in [7, 11) is 0. The molecule has 104 valence electrons. The molecule has 1 aromatic rings. The van der Waals surface area contributed by atoms with Crippen LogP contribution in [0.3, 0.4) is 0 Å². The third kappa shape index (κ3) is 3.08. The van der Waals surface area contributed by atoms with Gasteiger partial charge in [0.2, 0.25) is 0 Å². The second-order valence-electron chi connectivity index (χ2n) is 5.72. The maximum atomic E-state index is 11.2. The Hall–Kier alpha value is -1.10. The number of aromatic nitrogens is 1. The number of hydrogen-bond acceptors (Lipinski definition) is 4. The highest BCUT2D eigenvalue weighted by atomic mass is 32.1. The highest BCUT2D eigenvalue weighted by Crippen LogP contribution is 2.37. The number of aryl methyl sites for hydroxylation is 1. The largest absolute Gasteiger partial charge is 0.477 e. The van der Waals surface area contributed by atoms with Gasteiger partial charge in [-0.05, 0) is 43.9 Å². The molecule has 0 saturated heterocycles. The summed E-state index contributed by atoms with van der Waals surface area (Å²) in [5, 5.41) is 10.2. The third-order valence-corrected chi connectivity index (χ3v) is 4.98. The van der Waals surface area contributed by atoms with E-state index in [1.165, 1.54) is 37.0 Å². The predicted molar refractivity (Wildman–Crippen MR) is 76.1 cm³/mol. The Bertz CT molecular complexity index is 464. The molecule has 5 heteroatoms. The number of hydrogen-bond donors (Lipinski definition) is 1. The van der Waals surface area contributed by atoms with E-state index in [2.05, 4.69) is 9.88 Å². The molecular weight excluding hydrogens is 260 g/mol. The first-order valence-electron chi connectivity index (χ1n) is 7.15. The summed E-state index contributed by atoms with van der Waals surface area (Å²) in [5.74, 6) is 0.778. The highest BCUT2D eigenvalue weighted by molar-refractivity contribution is 7.17. The van der Waals surface area contributed by atoms with Gasteiger partial charge >= 0.3 is 5.97 Å². The van der Waals surface area contributed by atoms with Crippen molar-refractivity contribution in [3.63, 3.8) is 0 Å². The first-order valence-corrected chi connectivity index (χ1v) is 7.97. The Morgan fingerprint density at radius 2 is 1.89 bits per heavy atom. The number of carbonyl (C=O) groups is 1. The lowest BCUT2D eigenvalue weighted by atomic mass is 10.3. The van der Waals surface area contributed by atoms with Gasteiger partial charge in [0.05, 0.1) is 5.69 Å². The van der Waals surface area contributed by atoms with Crippen LogP contribution >= 0.6 is 11.3 Å². The van der Waals surface area contributed by atoms with E-state index in [9.17, 15) is 9.90 Å². The number of nitrogens with zero attached hydrogens (tertiary/aromatic N) is 2. The lowest BCUT2D eigenvalue weighted by Gasteiger charge is -2.21. The summed E-state index contributed by atoms with van der Waals surface area (Å²) in [6.07, 6.45) is 5.97. The van der Waals surface area contributed by atoms with Crippen LogP contribution in [0.4, 0.5) is 5.13 Å². The van der Waals surface area contributed by atoms with E-state index in [0.29, 0.717) is 11.3 Å². The van der Waals surface area contributed by atoms with E-state index < -0.39 is 5.97 Å². The fraction of sp³-hybridized carbons (Fsp3) is 0.714. The zero-order chi connectivity index (χ0) is 13.4.